The number of ether oxygens (including phenoxy) is 1. The summed E-state index contributed by atoms with van der Waals surface area (Å²) in [6.45, 7) is 1.38. The van der Waals surface area contributed by atoms with E-state index in [2.05, 4.69) is 4.72 Å². The minimum atomic E-state index is -3.25. The summed E-state index contributed by atoms with van der Waals surface area (Å²) < 4.78 is 32.0. The van der Waals surface area contributed by atoms with E-state index < -0.39 is 15.3 Å². The first kappa shape index (κ1) is 12.3. The highest BCUT2D eigenvalue weighted by Crippen LogP contribution is 2.32. The summed E-state index contributed by atoms with van der Waals surface area (Å²) in [6, 6.07) is -0.0769. The molecule has 2 unspecified atom stereocenters. The maximum Gasteiger partial charge on any atom is 0.217 e. The number of sulfonamides is 1. The summed E-state index contributed by atoms with van der Waals surface area (Å²) in [5, 5.41) is -0.394. The van der Waals surface area contributed by atoms with Crippen molar-refractivity contribution in [1.29, 1.82) is 0 Å². The Labute approximate surface area is 96.8 Å². The Balaban J connectivity index is 1.94. The van der Waals surface area contributed by atoms with E-state index in [4.69, 9.17) is 10.5 Å². The zero-order chi connectivity index (χ0) is 11.6. The number of rotatable bonds is 5. The monoisotopic (exact) mass is 248 g/mol. The van der Waals surface area contributed by atoms with Crippen molar-refractivity contribution in [2.24, 2.45) is 11.7 Å². The number of nitrogens with two attached hydrogens (primary N) is 1. The van der Waals surface area contributed by atoms with Crippen LogP contribution >= 0.6 is 0 Å². The van der Waals surface area contributed by atoms with Crippen LogP contribution in [0.1, 0.15) is 25.7 Å². The van der Waals surface area contributed by atoms with Crippen LogP contribution in [0, 0.1) is 5.92 Å². The van der Waals surface area contributed by atoms with Crippen LogP contribution in [0.4, 0.5) is 0 Å². The summed E-state index contributed by atoms with van der Waals surface area (Å²) in [5.74, 6) is 0.448. The Bertz CT molecular complexity index is 321. The Morgan fingerprint density at radius 1 is 1.38 bits per heavy atom. The Hall–Kier alpha value is -0.170. The lowest BCUT2D eigenvalue weighted by Crippen LogP contribution is -2.47. The molecule has 2 aliphatic rings. The second-order valence-electron chi connectivity index (χ2n) is 4.68. The van der Waals surface area contributed by atoms with E-state index in [0.717, 1.165) is 19.3 Å². The molecule has 94 valence electrons. The van der Waals surface area contributed by atoms with Crippen molar-refractivity contribution in [2.45, 2.75) is 37.0 Å². The van der Waals surface area contributed by atoms with Gasteiger partial charge in [-0.1, -0.05) is 0 Å². The zero-order valence-corrected chi connectivity index (χ0v) is 10.2. The summed E-state index contributed by atoms with van der Waals surface area (Å²) in [5.41, 5.74) is 5.59. The van der Waals surface area contributed by atoms with E-state index >= 15 is 0 Å². The summed E-state index contributed by atoms with van der Waals surface area (Å²) in [6.07, 6.45) is 3.69. The molecular formula is C10H20N2O3S. The minimum absolute atomic E-state index is 0.0769. The van der Waals surface area contributed by atoms with E-state index in [0.29, 0.717) is 32.1 Å². The molecule has 0 bridgehead atoms. The van der Waals surface area contributed by atoms with Gasteiger partial charge < -0.3 is 10.5 Å². The Morgan fingerprint density at radius 2 is 2.12 bits per heavy atom. The minimum Gasteiger partial charge on any atom is -0.380 e. The van der Waals surface area contributed by atoms with Crippen molar-refractivity contribution < 1.29 is 13.2 Å². The highest BCUT2D eigenvalue weighted by Gasteiger charge is 2.36. The molecule has 1 aliphatic carbocycles. The van der Waals surface area contributed by atoms with E-state index in [1.54, 1.807) is 0 Å². The molecule has 0 amide bonds. The summed E-state index contributed by atoms with van der Waals surface area (Å²) >= 11 is 0. The molecule has 0 radical (unpaired) electrons. The van der Waals surface area contributed by atoms with Crippen LogP contribution in [-0.4, -0.2) is 39.5 Å². The molecule has 3 N–H and O–H groups in total. The van der Waals surface area contributed by atoms with Crippen molar-refractivity contribution in [3.63, 3.8) is 0 Å². The van der Waals surface area contributed by atoms with Gasteiger partial charge in [0.2, 0.25) is 10.0 Å². The van der Waals surface area contributed by atoms with Crippen molar-refractivity contribution >= 4 is 10.0 Å². The van der Waals surface area contributed by atoms with Crippen LogP contribution in [0.5, 0.6) is 0 Å². The first-order valence-electron chi connectivity index (χ1n) is 5.92. The van der Waals surface area contributed by atoms with E-state index in [1.165, 1.54) is 0 Å². The van der Waals surface area contributed by atoms with Crippen LogP contribution < -0.4 is 10.5 Å². The van der Waals surface area contributed by atoms with Gasteiger partial charge >= 0.3 is 0 Å². The fourth-order valence-electron chi connectivity index (χ4n) is 2.10. The number of hydrogen-bond acceptors (Lipinski definition) is 4. The molecule has 0 aromatic rings. The van der Waals surface area contributed by atoms with Gasteiger partial charge in [0.05, 0.1) is 11.9 Å². The van der Waals surface area contributed by atoms with Gasteiger partial charge in [0, 0.05) is 19.2 Å². The molecule has 16 heavy (non-hydrogen) atoms. The normalized spacial score (nSPS) is 28.9. The third kappa shape index (κ3) is 2.94. The van der Waals surface area contributed by atoms with Gasteiger partial charge in [-0.05, 0) is 31.6 Å². The molecule has 1 heterocycles. The van der Waals surface area contributed by atoms with Crippen LogP contribution in [-0.2, 0) is 14.8 Å². The van der Waals surface area contributed by atoms with Gasteiger partial charge in [0.15, 0.2) is 0 Å². The second-order valence-corrected chi connectivity index (χ2v) is 6.67. The van der Waals surface area contributed by atoms with Crippen molar-refractivity contribution in [2.75, 3.05) is 19.8 Å². The van der Waals surface area contributed by atoms with Crippen LogP contribution in [0.15, 0.2) is 0 Å². The second kappa shape index (κ2) is 5.00. The van der Waals surface area contributed by atoms with Gasteiger partial charge in [-0.15, -0.1) is 0 Å². The number of nitrogens with one attached hydrogen (secondary N) is 1. The molecule has 2 rings (SSSR count). The van der Waals surface area contributed by atoms with Gasteiger partial charge in [0.1, 0.15) is 0 Å². The lowest BCUT2D eigenvalue weighted by Gasteiger charge is -2.25. The van der Waals surface area contributed by atoms with Gasteiger partial charge in [0.25, 0.3) is 0 Å². The van der Waals surface area contributed by atoms with E-state index in [-0.39, 0.29) is 6.04 Å². The zero-order valence-electron chi connectivity index (χ0n) is 9.39. The lowest BCUT2D eigenvalue weighted by molar-refractivity contribution is 0.0987. The average Bonchev–Trinajstić information content (AvgIpc) is 3.11. The quantitative estimate of drug-likeness (QED) is 0.707. The fourth-order valence-corrected chi connectivity index (χ4v) is 3.75. The smallest absolute Gasteiger partial charge is 0.217 e. The molecule has 0 aromatic carbocycles. The topological polar surface area (TPSA) is 81.4 Å². The standard InChI is InChI=1S/C10H20N2O3S/c11-6-10(8-3-4-8)12-16(13,14)9-2-1-5-15-7-9/h8-10,12H,1-7,11H2. The predicted octanol–water partition coefficient (Wildman–Crippen LogP) is -0.178. The van der Waals surface area contributed by atoms with Gasteiger partial charge in [-0.3, -0.25) is 0 Å². The first-order chi connectivity index (χ1) is 7.63. The van der Waals surface area contributed by atoms with Crippen molar-refractivity contribution in [3.05, 3.63) is 0 Å². The van der Waals surface area contributed by atoms with Crippen LogP contribution in [0.2, 0.25) is 0 Å². The molecular weight excluding hydrogens is 228 g/mol. The molecule has 0 aromatic heterocycles. The number of hydrogen-bond donors (Lipinski definition) is 2. The average molecular weight is 248 g/mol. The lowest BCUT2D eigenvalue weighted by atomic mass is 10.2. The predicted molar refractivity (Wildman–Crippen MR) is 61.5 cm³/mol. The maximum absolute atomic E-state index is 12.0. The summed E-state index contributed by atoms with van der Waals surface area (Å²) in [4.78, 5) is 0. The molecule has 2 fully saturated rings. The first-order valence-corrected chi connectivity index (χ1v) is 7.47. The third-order valence-electron chi connectivity index (χ3n) is 3.32. The Kier molecular flexibility index (Phi) is 3.84. The van der Waals surface area contributed by atoms with Crippen LogP contribution in [0.25, 0.3) is 0 Å². The maximum atomic E-state index is 12.0. The van der Waals surface area contributed by atoms with Crippen LogP contribution in [0.3, 0.4) is 0 Å². The van der Waals surface area contributed by atoms with Crippen molar-refractivity contribution in [1.82, 2.24) is 4.72 Å². The van der Waals surface area contributed by atoms with E-state index in [9.17, 15) is 8.42 Å². The molecule has 1 saturated heterocycles. The van der Waals surface area contributed by atoms with Gasteiger partial charge in [-0.2, -0.15) is 0 Å². The molecule has 1 saturated carbocycles. The van der Waals surface area contributed by atoms with E-state index in [1.807, 2.05) is 0 Å². The fraction of sp³-hybridized carbons (Fsp3) is 1.00. The molecule has 2 atom stereocenters. The summed E-state index contributed by atoms with van der Waals surface area (Å²) in [7, 11) is -3.25. The molecule has 0 spiro atoms. The van der Waals surface area contributed by atoms with Gasteiger partial charge in [-0.25, -0.2) is 13.1 Å². The SMILES string of the molecule is NCC(NS(=O)(=O)C1CCCOC1)C1CC1. The largest absolute Gasteiger partial charge is 0.380 e. The van der Waals surface area contributed by atoms with Crippen molar-refractivity contribution in [3.8, 4) is 0 Å². The highest BCUT2D eigenvalue weighted by molar-refractivity contribution is 7.90. The Morgan fingerprint density at radius 3 is 2.62 bits per heavy atom. The molecule has 6 heteroatoms. The molecule has 1 aliphatic heterocycles. The molecule has 5 nitrogen and oxygen atoms in total. The highest BCUT2D eigenvalue weighted by atomic mass is 32.2. The third-order valence-corrected chi connectivity index (χ3v) is 5.20.